The summed E-state index contributed by atoms with van der Waals surface area (Å²) < 4.78 is 0. The number of phenols is 1. The van der Waals surface area contributed by atoms with Crippen LogP contribution in [-0.4, -0.2) is 35.5 Å². The molecule has 1 unspecified atom stereocenters. The molecule has 1 amide bonds. The molecule has 1 saturated heterocycles. The zero-order chi connectivity index (χ0) is 15.9. The first-order valence-corrected chi connectivity index (χ1v) is 8.33. The molecule has 122 valence electrons. The molecule has 0 saturated carbocycles. The summed E-state index contributed by atoms with van der Waals surface area (Å²) in [5.74, 6) is 1.22. The molecular weight excluding hydrogens is 276 g/mol. The summed E-state index contributed by atoms with van der Waals surface area (Å²) in [4.78, 5) is 14.8. The Bertz CT molecular complexity index is 464. The van der Waals surface area contributed by atoms with Crippen LogP contribution in [0, 0.1) is 11.8 Å². The highest BCUT2D eigenvalue weighted by molar-refractivity contribution is 5.79. The van der Waals surface area contributed by atoms with Gasteiger partial charge in [0.15, 0.2) is 0 Å². The van der Waals surface area contributed by atoms with Crippen LogP contribution >= 0.6 is 0 Å². The Morgan fingerprint density at radius 3 is 2.68 bits per heavy atom. The molecule has 4 heteroatoms. The number of phenolic OH excluding ortho intramolecular Hbond substituents is 1. The molecule has 0 bridgehead atoms. The Balaban J connectivity index is 2.03. The number of carbonyl (C=O) groups is 1. The van der Waals surface area contributed by atoms with Gasteiger partial charge in [0, 0.05) is 19.6 Å². The Morgan fingerprint density at radius 1 is 1.36 bits per heavy atom. The van der Waals surface area contributed by atoms with Gasteiger partial charge in [0.2, 0.25) is 5.91 Å². The van der Waals surface area contributed by atoms with E-state index in [-0.39, 0.29) is 17.6 Å². The van der Waals surface area contributed by atoms with Crippen molar-refractivity contribution in [2.75, 3.05) is 19.6 Å². The molecule has 22 heavy (non-hydrogen) atoms. The minimum atomic E-state index is 0.109. The maximum atomic E-state index is 12.8. The van der Waals surface area contributed by atoms with E-state index >= 15 is 0 Å². The van der Waals surface area contributed by atoms with Crippen molar-refractivity contribution in [1.29, 1.82) is 0 Å². The number of rotatable bonds is 6. The lowest BCUT2D eigenvalue weighted by Gasteiger charge is -2.30. The normalized spacial score (nSPS) is 18.4. The van der Waals surface area contributed by atoms with Crippen LogP contribution in [0.25, 0.3) is 0 Å². The third kappa shape index (κ3) is 5.02. The standard InChI is InChI=1S/C18H28N2O2/c1-14(2)9-11-20(13-15-5-7-17(21)8-6-15)18(22)16-4-3-10-19-12-16/h5-8,14,16,19,21H,3-4,9-13H2,1-2H3. The molecule has 1 fully saturated rings. The molecule has 0 aromatic heterocycles. The third-order valence-electron chi connectivity index (χ3n) is 4.24. The van der Waals surface area contributed by atoms with E-state index in [1.54, 1.807) is 12.1 Å². The van der Waals surface area contributed by atoms with Gasteiger partial charge in [0.1, 0.15) is 5.75 Å². The SMILES string of the molecule is CC(C)CCN(Cc1ccc(O)cc1)C(=O)C1CCCNC1. The summed E-state index contributed by atoms with van der Waals surface area (Å²) in [6.45, 7) is 7.62. The predicted molar refractivity (Wildman–Crippen MR) is 88.6 cm³/mol. The van der Waals surface area contributed by atoms with Crippen LogP contribution in [0.1, 0.15) is 38.7 Å². The van der Waals surface area contributed by atoms with Gasteiger partial charge in [-0.2, -0.15) is 0 Å². The van der Waals surface area contributed by atoms with E-state index in [0.29, 0.717) is 12.5 Å². The van der Waals surface area contributed by atoms with Gasteiger partial charge in [-0.3, -0.25) is 4.79 Å². The molecule has 0 radical (unpaired) electrons. The number of nitrogens with zero attached hydrogens (tertiary/aromatic N) is 1. The monoisotopic (exact) mass is 304 g/mol. The van der Waals surface area contributed by atoms with E-state index in [4.69, 9.17) is 0 Å². The van der Waals surface area contributed by atoms with Crippen molar-refractivity contribution in [3.05, 3.63) is 29.8 Å². The zero-order valence-corrected chi connectivity index (χ0v) is 13.7. The number of aromatic hydroxyl groups is 1. The number of hydrogen-bond donors (Lipinski definition) is 2. The smallest absolute Gasteiger partial charge is 0.227 e. The van der Waals surface area contributed by atoms with Crippen molar-refractivity contribution in [1.82, 2.24) is 10.2 Å². The van der Waals surface area contributed by atoms with Gasteiger partial charge in [-0.25, -0.2) is 0 Å². The summed E-state index contributed by atoms with van der Waals surface area (Å²) in [5.41, 5.74) is 1.07. The topological polar surface area (TPSA) is 52.6 Å². The average molecular weight is 304 g/mol. The fraction of sp³-hybridized carbons (Fsp3) is 0.611. The summed E-state index contributed by atoms with van der Waals surface area (Å²) in [7, 11) is 0. The molecular formula is C18H28N2O2. The van der Waals surface area contributed by atoms with E-state index in [1.807, 2.05) is 17.0 Å². The lowest BCUT2D eigenvalue weighted by atomic mass is 9.97. The van der Waals surface area contributed by atoms with Crippen LogP contribution in [0.2, 0.25) is 0 Å². The quantitative estimate of drug-likeness (QED) is 0.849. The van der Waals surface area contributed by atoms with E-state index in [9.17, 15) is 9.90 Å². The Morgan fingerprint density at radius 2 is 2.09 bits per heavy atom. The van der Waals surface area contributed by atoms with Crippen LogP contribution in [0.4, 0.5) is 0 Å². The molecule has 4 nitrogen and oxygen atoms in total. The van der Waals surface area contributed by atoms with Crippen molar-refractivity contribution in [2.24, 2.45) is 11.8 Å². The molecule has 1 atom stereocenters. The molecule has 1 aromatic carbocycles. The number of carbonyl (C=O) groups excluding carboxylic acids is 1. The Kier molecular flexibility index (Phi) is 6.25. The van der Waals surface area contributed by atoms with Gasteiger partial charge in [0.25, 0.3) is 0 Å². The molecule has 0 aliphatic carbocycles. The van der Waals surface area contributed by atoms with Crippen molar-refractivity contribution in [3.8, 4) is 5.75 Å². The molecule has 2 N–H and O–H groups in total. The fourth-order valence-corrected chi connectivity index (χ4v) is 2.82. The van der Waals surface area contributed by atoms with Gasteiger partial charge in [-0.05, 0) is 49.4 Å². The lowest BCUT2D eigenvalue weighted by molar-refractivity contribution is -0.136. The van der Waals surface area contributed by atoms with Crippen LogP contribution < -0.4 is 5.32 Å². The number of benzene rings is 1. The second-order valence-electron chi connectivity index (χ2n) is 6.65. The highest BCUT2D eigenvalue weighted by atomic mass is 16.3. The van der Waals surface area contributed by atoms with Gasteiger partial charge in [-0.15, -0.1) is 0 Å². The van der Waals surface area contributed by atoms with E-state index in [2.05, 4.69) is 19.2 Å². The Hall–Kier alpha value is -1.55. The first-order valence-electron chi connectivity index (χ1n) is 8.33. The minimum absolute atomic E-state index is 0.109. The number of nitrogens with one attached hydrogen (secondary N) is 1. The largest absolute Gasteiger partial charge is 0.508 e. The number of amides is 1. The summed E-state index contributed by atoms with van der Waals surface area (Å²) in [6, 6.07) is 7.15. The second kappa shape index (κ2) is 8.18. The van der Waals surface area contributed by atoms with Gasteiger partial charge in [0.05, 0.1) is 5.92 Å². The molecule has 1 aromatic rings. The maximum absolute atomic E-state index is 12.8. The van der Waals surface area contributed by atoms with Crippen molar-refractivity contribution in [3.63, 3.8) is 0 Å². The van der Waals surface area contributed by atoms with Crippen molar-refractivity contribution >= 4 is 5.91 Å². The first-order chi connectivity index (χ1) is 10.6. The first kappa shape index (κ1) is 16.8. The summed E-state index contributed by atoms with van der Waals surface area (Å²) >= 11 is 0. The third-order valence-corrected chi connectivity index (χ3v) is 4.24. The fourth-order valence-electron chi connectivity index (χ4n) is 2.82. The molecule has 2 rings (SSSR count). The van der Waals surface area contributed by atoms with Crippen LogP contribution in [0.3, 0.4) is 0 Å². The summed E-state index contributed by atoms with van der Waals surface area (Å²) in [6.07, 6.45) is 3.08. The van der Waals surface area contributed by atoms with E-state index < -0.39 is 0 Å². The lowest BCUT2D eigenvalue weighted by Crippen LogP contribution is -2.43. The van der Waals surface area contributed by atoms with Crippen LogP contribution in [-0.2, 0) is 11.3 Å². The molecule has 0 spiro atoms. The van der Waals surface area contributed by atoms with Crippen molar-refractivity contribution < 1.29 is 9.90 Å². The molecule has 1 aliphatic rings. The summed E-state index contributed by atoms with van der Waals surface area (Å²) in [5, 5.41) is 12.7. The average Bonchev–Trinajstić information content (AvgIpc) is 2.53. The molecule has 1 heterocycles. The highest BCUT2D eigenvalue weighted by Crippen LogP contribution is 2.18. The van der Waals surface area contributed by atoms with Gasteiger partial charge < -0.3 is 15.3 Å². The number of hydrogen-bond acceptors (Lipinski definition) is 3. The van der Waals surface area contributed by atoms with Crippen LogP contribution in [0.5, 0.6) is 5.75 Å². The Labute approximate surface area is 133 Å². The minimum Gasteiger partial charge on any atom is -0.508 e. The van der Waals surface area contributed by atoms with Gasteiger partial charge in [-0.1, -0.05) is 26.0 Å². The zero-order valence-electron chi connectivity index (χ0n) is 13.7. The van der Waals surface area contributed by atoms with E-state index in [0.717, 1.165) is 44.5 Å². The molecule has 1 aliphatic heterocycles. The van der Waals surface area contributed by atoms with Crippen LogP contribution in [0.15, 0.2) is 24.3 Å². The number of piperidine rings is 1. The van der Waals surface area contributed by atoms with Gasteiger partial charge >= 0.3 is 0 Å². The maximum Gasteiger partial charge on any atom is 0.227 e. The highest BCUT2D eigenvalue weighted by Gasteiger charge is 2.25. The van der Waals surface area contributed by atoms with Crippen molar-refractivity contribution in [2.45, 2.75) is 39.7 Å². The predicted octanol–water partition coefficient (Wildman–Crippen LogP) is 2.77. The van der Waals surface area contributed by atoms with E-state index in [1.165, 1.54) is 0 Å². The second-order valence-corrected chi connectivity index (χ2v) is 6.65.